The summed E-state index contributed by atoms with van der Waals surface area (Å²) in [5.74, 6) is -0.102. The smallest absolute Gasteiger partial charge is 0.270 e. The van der Waals surface area contributed by atoms with Crippen molar-refractivity contribution in [2.24, 2.45) is 10.4 Å². The monoisotopic (exact) mass is 400 g/mol. The summed E-state index contributed by atoms with van der Waals surface area (Å²) in [7, 11) is 2.01. The van der Waals surface area contributed by atoms with Crippen molar-refractivity contribution < 1.29 is 4.79 Å². The van der Waals surface area contributed by atoms with Crippen molar-refractivity contribution in [3.05, 3.63) is 44.9 Å². The van der Waals surface area contributed by atoms with Gasteiger partial charge in [-0.3, -0.25) is 4.79 Å². The Kier molecular flexibility index (Phi) is 7.35. The molecule has 1 N–H and O–H groups in total. The van der Waals surface area contributed by atoms with Crippen LogP contribution < -0.4 is 5.32 Å². The van der Waals surface area contributed by atoms with Crippen LogP contribution in [0, 0.1) is 19.3 Å². The van der Waals surface area contributed by atoms with Crippen molar-refractivity contribution in [3.63, 3.8) is 0 Å². The normalized spacial score (nSPS) is 11.8. The Balaban J connectivity index is 2.10. The van der Waals surface area contributed by atoms with Crippen LogP contribution in [0.25, 0.3) is 0 Å². The van der Waals surface area contributed by atoms with Crippen LogP contribution in [0.3, 0.4) is 0 Å². The van der Waals surface area contributed by atoms with Gasteiger partial charge in [0.15, 0.2) is 0 Å². The van der Waals surface area contributed by atoms with E-state index in [0.717, 1.165) is 29.2 Å². The lowest BCUT2D eigenvalue weighted by Crippen LogP contribution is -2.32. The number of aliphatic imine (C=N–C) groups is 1. The van der Waals surface area contributed by atoms with Gasteiger partial charge in [0.05, 0.1) is 17.0 Å². The van der Waals surface area contributed by atoms with Crippen molar-refractivity contribution in [3.8, 4) is 0 Å². The largest absolute Gasteiger partial charge is 0.366 e. The fourth-order valence-electron chi connectivity index (χ4n) is 2.53. The summed E-state index contributed by atoms with van der Waals surface area (Å²) in [6, 6.07) is 4.30. The third-order valence-corrected chi connectivity index (χ3v) is 5.30. The number of thiazole rings is 1. The lowest BCUT2D eigenvalue weighted by atomic mass is 9.97. The minimum atomic E-state index is -0.102. The zero-order valence-electron chi connectivity index (χ0n) is 18.1. The quantitative estimate of drug-likeness (QED) is 0.539. The molecule has 0 aliphatic heterocycles. The summed E-state index contributed by atoms with van der Waals surface area (Å²) in [4.78, 5) is 23.5. The first-order valence-electron chi connectivity index (χ1n) is 9.66. The van der Waals surface area contributed by atoms with Crippen molar-refractivity contribution in [1.82, 2.24) is 15.2 Å². The lowest BCUT2D eigenvalue weighted by molar-refractivity contribution is 0.0935. The molecule has 2 aromatic rings. The van der Waals surface area contributed by atoms with E-state index >= 15 is 0 Å². The molecule has 5 nitrogen and oxygen atoms in total. The Morgan fingerprint density at radius 2 is 2.00 bits per heavy atom. The molecule has 0 aliphatic rings. The fraction of sp³-hybridized carbons (Fsp3) is 0.500. The van der Waals surface area contributed by atoms with E-state index in [4.69, 9.17) is 0 Å². The molecule has 0 fully saturated rings. The van der Waals surface area contributed by atoms with Crippen LogP contribution in [0.5, 0.6) is 0 Å². The number of hydrogen-bond acceptors (Lipinski definition) is 4. The van der Waals surface area contributed by atoms with Crippen LogP contribution in [0.2, 0.25) is 0 Å². The fourth-order valence-corrected chi connectivity index (χ4v) is 3.33. The summed E-state index contributed by atoms with van der Waals surface area (Å²) >= 11 is 1.53. The van der Waals surface area contributed by atoms with Crippen LogP contribution in [-0.2, 0) is 6.42 Å². The van der Waals surface area contributed by atoms with E-state index in [1.165, 1.54) is 22.5 Å². The topological polar surface area (TPSA) is 57.6 Å². The van der Waals surface area contributed by atoms with Crippen LogP contribution in [0.15, 0.2) is 22.5 Å². The van der Waals surface area contributed by atoms with Gasteiger partial charge in [-0.15, -0.1) is 11.3 Å². The SMILES string of the molecule is CCN(C)C=Nc1cc(C)c(Cc2nc(C(=O)NCC(C)(C)C)cs2)cc1C. The number of aryl methyl sites for hydroxylation is 2. The minimum absolute atomic E-state index is 0.0549. The summed E-state index contributed by atoms with van der Waals surface area (Å²) in [6.45, 7) is 14.1. The summed E-state index contributed by atoms with van der Waals surface area (Å²) < 4.78 is 0. The van der Waals surface area contributed by atoms with Crippen LogP contribution in [0.1, 0.15) is 59.9 Å². The van der Waals surface area contributed by atoms with Crippen molar-refractivity contribution >= 4 is 29.3 Å². The Bertz CT molecular complexity index is 849. The second-order valence-electron chi connectivity index (χ2n) is 8.43. The first-order chi connectivity index (χ1) is 13.1. The van der Waals surface area contributed by atoms with Gasteiger partial charge in [0.25, 0.3) is 5.91 Å². The van der Waals surface area contributed by atoms with Crippen LogP contribution in [0.4, 0.5) is 5.69 Å². The molecule has 0 unspecified atom stereocenters. The molecule has 0 saturated heterocycles. The molecule has 28 heavy (non-hydrogen) atoms. The molecule has 0 saturated carbocycles. The third-order valence-electron chi connectivity index (χ3n) is 4.45. The van der Waals surface area contributed by atoms with Gasteiger partial charge >= 0.3 is 0 Å². The number of aromatic nitrogens is 1. The maximum absolute atomic E-state index is 12.3. The zero-order valence-corrected chi connectivity index (χ0v) is 18.9. The number of carbonyl (C=O) groups is 1. The predicted molar refractivity (Wildman–Crippen MR) is 119 cm³/mol. The number of nitrogens with one attached hydrogen (secondary N) is 1. The van der Waals surface area contributed by atoms with E-state index < -0.39 is 0 Å². The molecule has 2 rings (SSSR count). The highest BCUT2D eigenvalue weighted by Crippen LogP contribution is 2.26. The number of benzene rings is 1. The lowest BCUT2D eigenvalue weighted by Gasteiger charge is -2.18. The van der Waals surface area contributed by atoms with E-state index in [-0.39, 0.29) is 11.3 Å². The van der Waals surface area contributed by atoms with E-state index in [2.05, 4.69) is 69.0 Å². The molecule has 0 bridgehead atoms. The van der Waals surface area contributed by atoms with Gasteiger partial charge in [-0.05, 0) is 48.9 Å². The number of amides is 1. The molecule has 6 heteroatoms. The maximum Gasteiger partial charge on any atom is 0.270 e. The Hall–Kier alpha value is -2.21. The first-order valence-corrected chi connectivity index (χ1v) is 10.5. The summed E-state index contributed by atoms with van der Waals surface area (Å²) in [5, 5.41) is 5.75. The van der Waals surface area contributed by atoms with E-state index in [1.807, 2.05) is 23.7 Å². The molecular formula is C22H32N4OS. The number of carbonyl (C=O) groups excluding carboxylic acids is 1. The molecule has 1 aromatic heterocycles. The molecule has 0 spiro atoms. The van der Waals surface area contributed by atoms with Gasteiger partial charge in [0, 0.05) is 31.9 Å². The molecule has 0 aliphatic carbocycles. The second-order valence-corrected chi connectivity index (χ2v) is 9.37. The van der Waals surface area contributed by atoms with Crippen molar-refractivity contribution in [2.45, 2.75) is 48.0 Å². The summed E-state index contributed by atoms with van der Waals surface area (Å²) in [6.07, 6.45) is 2.59. The van der Waals surface area contributed by atoms with Crippen LogP contribution in [-0.4, -0.2) is 42.3 Å². The zero-order chi connectivity index (χ0) is 20.9. The highest BCUT2D eigenvalue weighted by molar-refractivity contribution is 7.09. The molecule has 152 valence electrons. The van der Waals surface area contributed by atoms with Gasteiger partial charge in [0.1, 0.15) is 5.69 Å². The van der Waals surface area contributed by atoms with Crippen molar-refractivity contribution in [2.75, 3.05) is 20.1 Å². The van der Waals surface area contributed by atoms with Gasteiger partial charge in [0.2, 0.25) is 0 Å². The molecule has 1 amide bonds. The van der Waals surface area contributed by atoms with Gasteiger partial charge < -0.3 is 10.2 Å². The first kappa shape index (κ1) is 22.1. The Morgan fingerprint density at radius 1 is 1.29 bits per heavy atom. The highest BCUT2D eigenvalue weighted by Gasteiger charge is 2.16. The molecular weight excluding hydrogens is 368 g/mol. The number of rotatable bonds is 7. The average molecular weight is 401 g/mol. The maximum atomic E-state index is 12.3. The minimum Gasteiger partial charge on any atom is -0.366 e. The second kappa shape index (κ2) is 9.32. The Labute approximate surface area is 172 Å². The third kappa shape index (κ3) is 6.44. The standard InChI is InChI=1S/C22H32N4OS/c1-8-26(7)14-24-18-10-15(2)17(9-16(18)3)11-20-25-19(12-28-20)21(27)23-13-22(4,5)6/h9-10,12,14H,8,11,13H2,1-7H3,(H,23,27). The summed E-state index contributed by atoms with van der Waals surface area (Å²) in [5.41, 5.74) is 5.09. The van der Waals surface area contributed by atoms with Crippen LogP contribution >= 0.6 is 11.3 Å². The van der Waals surface area contributed by atoms with Gasteiger partial charge in [-0.1, -0.05) is 26.8 Å². The Morgan fingerprint density at radius 3 is 2.64 bits per heavy atom. The number of hydrogen-bond donors (Lipinski definition) is 1. The van der Waals surface area contributed by atoms with Gasteiger partial charge in [-0.25, -0.2) is 9.98 Å². The highest BCUT2D eigenvalue weighted by atomic mass is 32.1. The predicted octanol–water partition coefficient (Wildman–Crippen LogP) is 4.74. The van der Waals surface area contributed by atoms with Gasteiger partial charge in [-0.2, -0.15) is 0 Å². The molecule has 0 atom stereocenters. The molecule has 0 radical (unpaired) electrons. The van der Waals surface area contributed by atoms with E-state index in [9.17, 15) is 4.79 Å². The van der Waals surface area contributed by atoms with E-state index in [1.54, 1.807) is 0 Å². The van der Waals surface area contributed by atoms with E-state index in [0.29, 0.717) is 12.2 Å². The van der Waals surface area contributed by atoms with Crippen molar-refractivity contribution in [1.29, 1.82) is 0 Å². The molecule has 1 heterocycles. The molecule has 1 aromatic carbocycles. The number of nitrogens with zero attached hydrogens (tertiary/aromatic N) is 3. The average Bonchev–Trinajstić information content (AvgIpc) is 3.09.